The fraction of sp³-hybridized carbons (Fsp3) is 0.455. The van der Waals surface area contributed by atoms with E-state index in [1.54, 1.807) is 0 Å². The van der Waals surface area contributed by atoms with Crippen LogP contribution in [0.15, 0.2) is 12.1 Å². The van der Waals surface area contributed by atoms with Gasteiger partial charge in [0.25, 0.3) is 5.92 Å². The van der Waals surface area contributed by atoms with E-state index in [0.29, 0.717) is 0 Å². The molecule has 0 bridgehead atoms. The van der Waals surface area contributed by atoms with Gasteiger partial charge >= 0.3 is 0 Å². The molecule has 0 radical (unpaired) electrons. The third-order valence-electron chi connectivity index (χ3n) is 3.18. The Kier molecular flexibility index (Phi) is 2.78. The molecule has 1 aromatic carbocycles. The van der Waals surface area contributed by atoms with Crippen molar-refractivity contribution in [1.82, 2.24) is 0 Å². The van der Waals surface area contributed by atoms with Crippen LogP contribution in [0.3, 0.4) is 0 Å². The van der Waals surface area contributed by atoms with E-state index in [1.165, 1.54) is 13.2 Å². The molecule has 1 aliphatic carbocycles. The highest BCUT2D eigenvalue weighted by molar-refractivity contribution is 6.30. The summed E-state index contributed by atoms with van der Waals surface area (Å²) in [5, 5.41) is 0.0498. The second-order valence-corrected chi connectivity index (χ2v) is 4.57. The zero-order valence-electron chi connectivity index (χ0n) is 9.07. The van der Waals surface area contributed by atoms with Gasteiger partial charge in [-0.1, -0.05) is 11.6 Å². The van der Waals surface area contributed by atoms with Crippen LogP contribution in [0.4, 0.5) is 13.2 Å². The molecule has 0 aromatic heterocycles. The predicted molar refractivity (Wildman–Crippen MR) is 58.3 cm³/mol. The SMILES string of the molecule is COc1c(F)cc(Cl)cc1C1(CN)CC1(F)F. The van der Waals surface area contributed by atoms with Crippen molar-refractivity contribution in [2.45, 2.75) is 17.8 Å². The van der Waals surface area contributed by atoms with Gasteiger partial charge in [0.1, 0.15) is 0 Å². The first kappa shape index (κ1) is 12.5. The van der Waals surface area contributed by atoms with Crippen LogP contribution in [-0.2, 0) is 5.41 Å². The van der Waals surface area contributed by atoms with Crippen LogP contribution in [0.5, 0.6) is 5.75 Å². The van der Waals surface area contributed by atoms with Gasteiger partial charge in [-0.25, -0.2) is 13.2 Å². The molecule has 0 aliphatic heterocycles. The molecule has 1 unspecified atom stereocenters. The van der Waals surface area contributed by atoms with E-state index in [2.05, 4.69) is 0 Å². The van der Waals surface area contributed by atoms with Gasteiger partial charge in [-0.2, -0.15) is 0 Å². The highest BCUT2D eigenvalue weighted by Crippen LogP contribution is 2.63. The normalized spacial score (nSPS) is 25.8. The average molecular weight is 266 g/mol. The Morgan fingerprint density at radius 1 is 1.47 bits per heavy atom. The van der Waals surface area contributed by atoms with Crippen LogP contribution in [-0.4, -0.2) is 19.6 Å². The highest BCUT2D eigenvalue weighted by Gasteiger charge is 2.72. The van der Waals surface area contributed by atoms with E-state index in [1.807, 2.05) is 0 Å². The lowest BCUT2D eigenvalue weighted by molar-refractivity contribution is 0.0888. The number of nitrogens with two attached hydrogens (primary N) is 1. The lowest BCUT2D eigenvalue weighted by Crippen LogP contribution is -2.27. The highest BCUT2D eigenvalue weighted by atomic mass is 35.5. The quantitative estimate of drug-likeness (QED) is 0.912. The summed E-state index contributed by atoms with van der Waals surface area (Å²) in [7, 11) is 1.22. The monoisotopic (exact) mass is 265 g/mol. The van der Waals surface area contributed by atoms with Crippen LogP contribution in [0.25, 0.3) is 0 Å². The summed E-state index contributed by atoms with van der Waals surface area (Å²) in [6.07, 6.45) is -0.410. The molecule has 1 aliphatic rings. The van der Waals surface area contributed by atoms with Gasteiger partial charge in [0.15, 0.2) is 11.6 Å². The molecule has 1 atom stereocenters. The molecular weight excluding hydrogens is 255 g/mol. The lowest BCUT2D eigenvalue weighted by Gasteiger charge is -2.18. The minimum atomic E-state index is -2.94. The van der Waals surface area contributed by atoms with Gasteiger partial charge in [-0.15, -0.1) is 0 Å². The van der Waals surface area contributed by atoms with Gasteiger partial charge < -0.3 is 10.5 Å². The lowest BCUT2D eigenvalue weighted by atomic mass is 9.94. The maximum absolute atomic E-state index is 13.6. The van der Waals surface area contributed by atoms with Crippen LogP contribution in [0, 0.1) is 5.82 Å². The van der Waals surface area contributed by atoms with Crippen molar-refractivity contribution in [3.63, 3.8) is 0 Å². The number of alkyl halides is 2. The van der Waals surface area contributed by atoms with Crippen molar-refractivity contribution in [2.75, 3.05) is 13.7 Å². The standard InChI is InChI=1S/C11H11ClF3NO/c1-17-9-7(2-6(12)3-8(9)13)10(5-16)4-11(10,14)15/h2-3H,4-5,16H2,1H3. The summed E-state index contributed by atoms with van der Waals surface area (Å²) >= 11 is 5.68. The molecule has 94 valence electrons. The molecule has 0 heterocycles. The molecule has 1 aromatic rings. The molecule has 0 saturated heterocycles. The molecule has 0 spiro atoms. The smallest absolute Gasteiger partial charge is 0.260 e. The summed E-state index contributed by atoms with van der Waals surface area (Å²) in [5.41, 5.74) is 3.89. The summed E-state index contributed by atoms with van der Waals surface area (Å²) in [6.45, 7) is -0.282. The van der Waals surface area contributed by atoms with Crippen molar-refractivity contribution in [3.05, 3.63) is 28.5 Å². The van der Waals surface area contributed by atoms with Gasteiger partial charge in [-0.05, 0) is 12.1 Å². The molecule has 17 heavy (non-hydrogen) atoms. The number of hydrogen-bond donors (Lipinski definition) is 1. The summed E-state index contributed by atoms with van der Waals surface area (Å²) in [4.78, 5) is 0. The first-order chi connectivity index (χ1) is 7.88. The Morgan fingerprint density at radius 2 is 2.06 bits per heavy atom. The maximum atomic E-state index is 13.6. The van der Waals surface area contributed by atoms with Crippen molar-refractivity contribution < 1.29 is 17.9 Å². The number of benzene rings is 1. The van der Waals surface area contributed by atoms with Gasteiger partial charge in [0, 0.05) is 23.6 Å². The number of methoxy groups -OCH3 is 1. The van der Waals surface area contributed by atoms with E-state index < -0.39 is 23.6 Å². The van der Waals surface area contributed by atoms with Crippen LogP contribution < -0.4 is 10.5 Å². The Balaban J connectivity index is 2.59. The second-order valence-electron chi connectivity index (χ2n) is 4.14. The number of rotatable bonds is 3. The average Bonchev–Trinajstić information content (AvgIpc) is 2.81. The Morgan fingerprint density at radius 3 is 2.47 bits per heavy atom. The van der Waals surface area contributed by atoms with Gasteiger partial charge in [0.05, 0.1) is 12.5 Å². The third-order valence-corrected chi connectivity index (χ3v) is 3.39. The molecule has 2 N–H and O–H groups in total. The van der Waals surface area contributed by atoms with Gasteiger partial charge in [0.2, 0.25) is 0 Å². The number of hydrogen-bond acceptors (Lipinski definition) is 2. The van der Waals surface area contributed by atoms with Crippen LogP contribution in [0.2, 0.25) is 5.02 Å². The maximum Gasteiger partial charge on any atom is 0.260 e. The number of ether oxygens (including phenoxy) is 1. The topological polar surface area (TPSA) is 35.2 Å². The molecular formula is C11H11ClF3NO. The van der Waals surface area contributed by atoms with Crippen molar-refractivity contribution >= 4 is 11.6 Å². The van der Waals surface area contributed by atoms with E-state index in [9.17, 15) is 13.2 Å². The number of halogens is 4. The zero-order valence-corrected chi connectivity index (χ0v) is 9.82. The minimum Gasteiger partial charge on any atom is -0.493 e. The van der Waals surface area contributed by atoms with E-state index in [-0.39, 0.29) is 22.9 Å². The van der Waals surface area contributed by atoms with Crippen molar-refractivity contribution in [1.29, 1.82) is 0 Å². The summed E-state index contributed by atoms with van der Waals surface area (Å²) in [6, 6.07) is 2.31. The van der Waals surface area contributed by atoms with Crippen molar-refractivity contribution in [3.8, 4) is 5.75 Å². The molecule has 1 saturated carbocycles. The molecule has 2 rings (SSSR count). The summed E-state index contributed by atoms with van der Waals surface area (Å²) < 4.78 is 45.2. The van der Waals surface area contributed by atoms with E-state index in [4.69, 9.17) is 22.1 Å². The fourth-order valence-electron chi connectivity index (χ4n) is 2.08. The van der Waals surface area contributed by atoms with Gasteiger partial charge in [-0.3, -0.25) is 0 Å². The van der Waals surface area contributed by atoms with E-state index >= 15 is 0 Å². The zero-order chi connectivity index (χ0) is 12.8. The first-order valence-electron chi connectivity index (χ1n) is 4.99. The predicted octanol–water partition coefficient (Wildman–Crippen LogP) is 2.72. The summed E-state index contributed by atoms with van der Waals surface area (Å²) in [5.74, 6) is -3.91. The van der Waals surface area contributed by atoms with E-state index in [0.717, 1.165) is 6.07 Å². The third kappa shape index (κ3) is 1.68. The van der Waals surface area contributed by atoms with Crippen LogP contribution >= 0.6 is 11.6 Å². The molecule has 0 amide bonds. The largest absolute Gasteiger partial charge is 0.493 e. The fourth-order valence-corrected chi connectivity index (χ4v) is 2.29. The second kappa shape index (κ2) is 3.78. The molecule has 6 heteroatoms. The minimum absolute atomic E-state index is 0.0394. The molecule has 2 nitrogen and oxygen atoms in total. The Hall–Kier alpha value is -0.940. The molecule has 1 fully saturated rings. The first-order valence-corrected chi connectivity index (χ1v) is 5.37. The Labute approximate surface area is 102 Å². The van der Waals surface area contributed by atoms with Crippen molar-refractivity contribution in [2.24, 2.45) is 5.73 Å². The van der Waals surface area contributed by atoms with Crippen LogP contribution in [0.1, 0.15) is 12.0 Å². The Bertz CT molecular complexity index is 466.